The number of carbonyl (C=O) groups is 5. The minimum Gasteiger partial charge on any atom is -0.497 e. The van der Waals surface area contributed by atoms with E-state index < -0.39 is 162 Å². The van der Waals surface area contributed by atoms with Crippen molar-refractivity contribution in [1.29, 1.82) is 0 Å². The molecule has 4 rings (SSSR count). The molecule has 20 atom stereocenters. The van der Waals surface area contributed by atoms with Gasteiger partial charge in [-0.15, -0.1) is 11.8 Å². The smallest absolute Gasteiger partial charge is 0.405 e. The van der Waals surface area contributed by atoms with Crippen LogP contribution in [0, 0.1) is 11.8 Å². The van der Waals surface area contributed by atoms with Crippen molar-refractivity contribution in [2.24, 2.45) is 17.6 Å². The van der Waals surface area contributed by atoms with Gasteiger partial charge in [0, 0.05) is 44.0 Å². The summed E-state index contributed by atoms with van der Waals surface area (Å²) >= 11 is 0.495. The van der Waals surface area contributed by atoms with Gasteiger partial charge in [0.15, 0.2) is 23.1 Å². The highest BCUT2D eigenvalue weighted by molar-refractivity contribution is 8.00. The molecule has 2 aliphatic carbocycles. The fourth-order valence-electron chi connectivity index (χ4n) is 8.98. The minimum atomic E-state index is -2.51. The minimum absolute atomic E-state index is 0.00823. The Kier molecular flexibility index (Phi) is 21.5. The molecule has 25 nitrogen and oxygen atoms in total. The topological polar surface area (TPSA) is 405 Å². The Hall–Kier alpha value is -4.10. The summed E-state index contributed by atoms with van der Waals surface area (Å²) in [7, 11) is 3.91. The van der Waals surface area contributed by atoms with Crippen molar-refractivity contribution < 1.29 is 103 Å². The Morgan fingerprint density at radius 1 is 0.930 bits per heavy atom. The second-order valence-corrected chi connectivity index (χ2v) is 19.5. The number of aliphatic hydroxyl groups is 10. The lowest BCUT2D eigenvalue weighted by Gasteiger charge is -2.47. The van der Waals surface area contributed by atoms with E-state index in [2.05, 4.69) is 16.0 Å². The molecule has 4 amide bonds. The van der Waals surface area contributed by atoms with Crippen molar-refractivity contribution in [2.75, 3.05) is 33.7 Å². The molecule has 2 aliphatic heterocycles. The molecule has 1 saturated heterocycles. The molecule has 4 aliphatic rings. The second-order valence-electron chi connectivity index (χ2n) is 18.2. The summed E-state index contributed by atoms with van der Waals surface area (Å²) in [6, 6.07) is -5.36. The molecule has 71 heavy (non-hydrogen) atoms. The third kappa shape index (κ3) is 13.7. The first-order chi connectivity index (χ1) is 33.3. The number of carbonyl (C=O) groups excluding carboxylic acids is 5. The Balaban J connectivity index is 1.74. The zero-order valence-electron chi connectivity index (χ0n) is 40.6. The number of ketones is 1. The number of aliphatic hydroxyl groups excluding tert-OH is 9. The number of rotatable bonds is 13. The SMILES string of the molecule is COC1=C2C[C@@H](C)C[C@H](OC)[C@H](O)[C@@H](C)/C=C(\C)[C@H](OC(N)=O)[C@@H](OC)/C=C\C=C(/C)C(=O)N[C@H](C2=O)[C@@]1(O)SC[C@H](NC(C)=O)C(=O)N[C@H]1[C@@H](OC2[C@H](O)[C@H](O)C(O)[C@H](O)[C@H]2O)O[C@H](CO)[C@@H](O)[C@@H]1O. The van der Waals surface area contributed by atoms with Crippen molar-refractivity contribution in [3.8, 4) is 0 Å². The van der Waals surface area contributed by atoms with E-state index in [-0.39, 0.29) is 29.7 Å². The molecule has 2 bridgehead atoms. The number of amides is 4. The highest BCUT2D eigenvalue weighted by Gasteiger charge is 2.57. The first kappa shape index (κ1) is 59.5. The molecule has 402 valence electrons. The third-order valence-corrected chi connectivity index (χ3v) is 14.3. The number of thioether (sulfide) groups is 1. The predicted molar refractivity (Wildman–Crippen MR) is 247 cm³/mol. The fraction of sp³-hybridized carbons (Fsp3) is 0.711. The van der Waals surface area contributed by atoms with E-state index in [1.807, 2.05) is 0 Å². The number of hydrogen-bond donors (Lipinski definition) is 14. The quantitative estimate of drug-likeness (QED) is 0.0609. The van der Waals surface area contributed by atoms with Gasteiger partial charge in [-0.2, -0.15) is 0 Å². The van der Waals surface area contributed by atoms with Crippen molar-refractivity contribution in [3.05, 3.63) is 46.8 Å². The molecule has 15 N–H and O–H groups in total. The van der Waals surface area contributed by atoms with E-state index in [9.17, 15) is 75.0 Å². The van der Waals surface area contributed by atoms with Crippen LogP contribution in [0.3, 0.4) is 0 Å². The maximum Gasteiger partial charge on any atom is 0.405 e. The fourth-order valence-corrected chi connectivity index (χ4v) is 10.3. The van der Waals surface area contributed by atoms with E-state index in [1.165, 1.54) is 46.5 Å². The summed E-state index contributed by atoms with van der Waals surface area (Å²) < 4.78 is 33.7. The number of primary amides is 1. The van der Waals surface area contributed by atoms with Crippen LogP contribution < -0.4 is 21.7 Å². The first-order valence-electron chi connectivity index (χ1n) is 22.8. The highest BCUT2D eigenvalue weighted by atomic mass is 32.2. The summed E-state index contributed by atoms with van der Waals surface area (Å²) in [5.74, 6) is -5.58. The molecule has 2 unspecified atom stereocenters. The number of methoxy groups -OCH3 is 3. The van der Waals surface area contributed by atoms with Crippen molar-refractivity contribution in [3.63, 3.8) is 0 Å². The zero-order chi connectivity index (χ0) is 53.4. The van der Waals surface area contributed by atoms with Gasteiger partial charge in [0.25, 0.3) is 0 Å². The number of Topliss-reactive ketones (excluding diaryl/α,β-unsaturated/α-hetero) is 1. The summed E-state index contributed by atoms with van der Waals surface area (Å²) in [6.45, 7) is 6.65. The predicted octanol–water partition coefficient (Wildman–Crippen LogP) is -4.62. The maximum atomic E-state index is 14.5. The van der Waals surface area contributed by atoms with E-state index >= 15 is 0 Å². The normalized spacial score (nSPS) is 41.1. The molecular weight excluding hydrogens is 965 g/mol. The van der Waals surface area contributed by atoms with Gasteiger partial charge in [0.05, 0.1) is 25.9 Å². The molecule has 0 aromatic carbocycles. The van der Waals surface area contributed by atoms with Crippen molar-refractivity contribution >= 4 is 41.4 Å². The van der Waals surface area contributed by atoms with E-state index in [0.717, 1.165) is 6.92 Å². The highest BCUT2D eigenvalue weighted by Crippen LogP contribution is 2.45. The summed E-state index contributed by atoms with van der Waals surface area (Å²) in [6.07, 6.45) is -18.9. The number of allylic oxidation sites excluding steroid dienone is 2. The van der Waals surface area contributed by atoms with Crippen LogP contribution in [0.5, 0.6) is 0 Å². The lowest BCUT2D eigenvalue weighted by molar-refractivity contribution is -0.319. The number of nitrogens with two attached hydrogens (primary N) is 1. The molecule has 2 fully saturated rings. The van der Waals surface area contributed by atoms with Gasteiger partial charge < -0.3 is 101 Å². The number of ether oxygens (including phenoxy) is 6. The second kappa shape index (κ2) is 25.7. The molecule has 2 heterocycles. The Morgan fingerprint density at radius 3 is 2.10 bits per heavy atom. The van der Waals surface area contributed by atoms with Crippen LogP contribution in [0.25, 0.3) is 0 Å². The monoisotopic (exact) mass is 1030 g/mol. The van der Waals surface area contributed by atoms with Crippen LogP contribution in [0.15, 0.2) is 46.8 Å². The Morgan fingerprint density at radius 2 is 1.55 bits per heavy atom. The van der Waals surface area contributed by atoms with E-state index in [1.54, 1.807) is 26.8 Å². The molecule has 26 heteroatoms. The summed E-state index contributed by atoms with van der Waals surface area (Å²) in [5, 5.41) is 115. The molecule has 0 spiro atoms. The van der Waals surface area contributed by atoms with Gasteiger partial charge in [-0.3, -0.25) is 19.2 Å². The van der Waals surface area contributed by atoms with Crippen LogP contribution in [-0.2, 0) is 47.6 Å². The van der Waals surface area contributed by atoms with Gasteiger partial charge in [-0.25, -0.2) is 4.79 Å². The van der Waals surface area contributed by atoms with Gasteiger partial charge in [-0.05, 0) is 38.2 Å². The van der Waals surface area contributed by atoms with Crippen molar-refractivity contribution in [2.45, 2.75) is 156 Å². The van der Waals surface area contributed by atoms with Crippen LogP contribution in [0.2, 0.25) is 0 Å². The van der Waals surface area contributed by atoms with Crippen molar-refractivity contribution in [1.82, 2.24) is 16.0 Å². The van der Waals surface area contributed by atoms with Crippen LogP contribution in [0.4, 0.5) is 4.79 Å². The van der Waals surface area contributed by atoms with Crippen LogP contribution in [-0.4, -0.2) is 223 Å². The molecule has 0 radical (unpaired) electrons. The van der Waals surface area contributed by atoms with Crippen LogP contribution >= 0.6 is 11.8 Å². The Labute approximate surface area is 414 Å². The van der Waals surface area contributed by atoms with Gasteiger partial charge >= 0.3 is 6.09 Å². The summed E-state index contributed by atoms with van der Waals surface area (Å²) in [4.78, 5) is 64.7. The molecular formula is C45H70N4O21S. The van der Waals surface area contributed by atoms with Gasteiger partial charge in [-0.1, -0.05) is 38.2 Å². The molecule has 0 aromatic heterocycles. The average molecular weight is 1040 g/mol. The lowest BCUT2D eigenvalue weighted by atomic mass is 9.84. The van der Waals surface area contributed by atoms with Crippen LogP contribution in [0.1, 0.15) is 47.5 Å². The third-order valence-electron chi connectivity index (χ3n) is 13.0. The zero-order valence-corrected chi connectivity index (χ0v) is 41.4. The first-order valence-corrected chi connectivity index (χ1v) is 23.7. The lowest BCUT2D eigenvalue weighted by Crippen LogP contribution is -2.70. The summed E-state index contributed by atoms with van der Waals surface area (Å²) in [5.41, 5.74) is 5.83. The maximum absolute atomic E-state index is 14.5. The molecule has 0 aromatic rings. The van der Waals surface area contributed by atoms with E-state index in [0.29, 0.717) is 17.3 Å². The molecule has 1 saturated carbocycles. The number of fused-ring (bicyclic) bond motifs is 2. The van der Waals surface area contributed by atoms with E-state index in [4.69, 9.17) is 34.2 Å². The Bertz CT molecular complexity index is 2010. The number of hydrogen-bond acceptors (Lipinski definition) is 22. The van der Waals surface area contributed by atoms with Gasteiger partial charge in [0.1, 0.15) is 84.9 Å². The average Bonchev–Trinajstić information content (AvgIpc) is 3.51. The standard InChI is InChI=1S/C45H70N4O21S/c1-17-12-22-29(53)39(49-41(61)18(2)10-9-11-24(65-6)37(70-44(46)63)20(4)14-19(3)28(52)25(13-17)66-7)45(64,40(22)67-8)71-16-23(47-21(5)51)42(62)48-27-31(55)30(54)26(15-50)68-43(27)69-38-35(59)33(57)32(56)34(58)36(38)60/h9-11,14,17,19,23-28,30-39,43,50,52,54-60,64H,12-13,15-16H2,1-8H3,(H2,46,63)(H,47,51)(H,48,62)(H,49,61)/b11-9-,18-10+,20-14+/t17-,19+,23+,24+,25+,26-,27-,28-,30-,31-,32?,33-,34+,35-,36-,37+,38?,39-,43-,45-/m1/s1. The van der Waals surface area contributed by atoms with Gasteiger partial charge in [0.2, 0.25) is 17.7 Å². The number of nitrogens with one attached hydrogen (secondary N) is 3. The largest absolute Gasteiger partial charge is 0.497 e.